The maximum atomic E-state index is 12.8. The van der Waals surface area contributed by atoms with Crippen LogP contribution in [0, 0.1) is 20.8 Å². The van der Waals surface area contributed by atoms with Crippen LogP contribution in [0.5, 0.6) is 5.75 Å². The Hall–Kier alpha value is -2.89. The fourth-order valence-corrected chi connectivity index (χ4v) is 3.43. The minimum atomic E-state index is -0.114. The quantitative estimate of drug-likeness (QED) is 0.752. The van der Waals surface area contributed by atoms with Gasteiger partial charge in [0.25, 0.3) is 5.91 Å². The van der Waals surface area contributed by atoms with Crippen molar-refractivity contribution in [1.82, 2.24) is 20.1 Å². The molecule has 6 heteroatoms. The Bertz CT molecular complexity index is 1010. The zero-order valence-corrected chi connectivity index (χ0v) is 16.8. The van der Waals surface area contributed by atoms with Crippen LogP contribution < -0.4 is 10.1 Å². The van der Waals surface area contributed by atoms with Crippen molar-refractivity contribution < 1.29 is 9.53 Å². The van der Waals surface area contributed by atoms with E-state index in [4.69, 9.17) is 4.74 Å². The van der Waals surface area contributed by atoms with Crippen LogP contribution in [0.3, 0.4) is 0 Å². The van der Waals surface area contributed by atoms with Crippen LogP contribution in [0.1, 0.15) is 39.9 Å². The second-order valence-electron chi connectivity index (χ2n) is 7.00. The number of benzene rings is 1. The monoisotopic (exact) mass is 366 g/mol. The zero-order chi connectivity index (χ0) is 19.7. The number of hydrogen-bond acceptors (Lipinski definition) is 4. The van der Waals surface area contributed by atoms with E-state index in [1.165, 1.54) is 5.56 Å². The van der Waals surface area contributed by atoms with Gasteiger partial charge >= 0.3 is 0 Å². The second-order valence-corrected chi connectivity index (χ2v) is 7.00. The van der Waals surface area contributed by atoms with Crippen molar-refractivity contribution in [3.05, 3.63) is 52.5 Å². The summed E-state index contributed by atoms with van der Waals surface area (Å²) in [5.41, 5.74) is 5.36. The van der Waals surface area contributed by atoms with Crippen LogP contribution in [0.25, 0.3) is 10.9 Å². The molecular formula is C21H26N4O2. The summed E-state index contributed by atoms with van der Waals surface area (Å²) in [5, 5.41) is 8.43. The van der Waals surface area contributed by atoms with Gasteiger partial charge in [-0.3, -0.25) is 9.48 Å². The highest BCUT2D eigenvalue weighted by Crippen LogP contribution is 2.25. The third kappa shape index (κ3) is 3.65. The summed E-state index contributed by atoms with van der Waals surface area (Å²) in [5.74, 6) is 0.592. The normalized spacial score (nSPS) is 12.2. The van der Waals surface area contributed by atoms with E-state index in [-0.39, 0.29) is 11.9 Å². The lowest BCUT2D eigenvalue weighted by Gasteiger charge is -2.16. The molecule has 0 saturated carbocycles. The van der Waals surface area contributed by atoms with Crippen LogP contribution in [-0.2, 0) is 13.5 Å². The SMILES string of the molecule is COc1cccc2cc(C(=O)N[C@@H](C)Cc3c(C)nn(C)c3C)c(C)nc12. The fourth-order valence-electron chi connectivity index (χ4n) is 3.43. The highest BCUT2D eigenvalue weighted by atomic mass is 16.5. The molecule has 1 N–H and O–H groups in total. The molecule has 1 aromatic carbocycles. The van der Waals surface area contributed by atoms with E-state index in [9.17, 15) is 4.79 Å². The molecule has 3 aromatic rings. The summed E-state index contributed by atoms with van der Waals surface area (Å²) in [4.78, 5) is 17.4. The number of nitrogens with one attached hydrogen (secondary N) is 1. The molecule has 0 saturated heterocycles. The summed E-state index contributed by atoms with van der Waals surface area (Å²) in [7, 11) is 3.56. The van der Waals surface area contributed by atoms with Crippen molar-refractivity contribution in [1.29, 1.82) is 0 Å². The molecule has 142 valence electrons. The Morgan fingerprint density at radius 2 is 2.00 bits per heavy atom. The number of pyridine rings is 1. The lowest BCUT2D eigenvalue weighted by molar-refractivity contribution is 0.0939. The molecule has 27 heavy (non-hydrogen) atoms. The predicted octanol–water partition coefficient (Wildman–Crippen LogP) is 3.26. The average molecular weight is 366 g/mol. The first-order chi connectivity index (χ1) is 12.8. The first kappa shape index (κ1) is 18.9. The molecule has 0 aliphatic rings. The van der Waals surface area contributed by atoms with E-state index < -0.39 is 0 Å². The molecule has 1 atom stereocenters. The highest BCUT2D eigenvalue weighted by molar-refractivity contribution is 5.99. The molecule has 0 spiro atoms. The van der Waals surface area contributed by atoms with Gasteiger partial charge in [0.15, 0.2) is 0 Å². The standard InChI is InChI=1S/C21H26N4O2/c1-12(10-17-14(3)24-25(5)15(17)4)22-21(26)18-11-16-8-7-9-19(27-6)20(16)23-13(18)2/h7-9,11-12H,10H2,1-6H3,(H,22,26)/t12-/m0/s1. The topological polar surface area (TPSA) is 69.0 Å². The third-order valence-corrected chi connectivity index (χ3v) is 5.01. The molecule has 0 radical (unpaired) electrons. The van der Waals surface area contributed by atoms with E-state index >= 15 is 0 Å². The van der Waals surface area contributed by atoms with E-state index in [0.29, 0.717) is 17.0 Å². The maximum Gasteiger partial charge on any atom is 0.253 e. The van der Waals surface area contributed by atoms with Gasteiger partial charge in [-0.25, -0.2) is 4.98 Å². The molecule has 0 bridgehead atoms. The highest BCUT2D eigenvalue weighted by Gasteiger charge is 2.18. The van der Waals surface area contributed by atoms with Crippen LogP contribution in [0.4, 0.5) is 0 Å². The minimum absolute atomic E-state index is 0.0143. The first-order valence-electron chi connectivity index (χ1n) is 9.06. The fraction of sp³-hybridized carbons (Fsp3) is 0.381. The van der Waals surface area contributed by atoms with E-state index in [0.717, 1.165) is 28.7 Å². The number of rotatable bonds is 5. The molecule has 0 unspecified atom stereocenters. The second kappa shape index (κ2) is 7.39. The Morgan fingerprint density at radius 3 is 2.63 bits per heavy atom. The lowest BCUT2D eigenvalue weighted by atomic mass is 10.0. The van der Waals surface area contributed by atoms with Gasteiger partial charge in [0.05, 0.1) is 24.1 Å². The lowest BCUT2D eigenvalue weighted by Crippen LogP contribution is -2.34. The summed E-state index contributed by atoms with van der Waals surface area (Å²) >= 11 is 0. The average Bonchev–Trinajstić information content (AvgIpc) is 2.86. The molecule has 2 heterocycles. The van der Waals surface area contributed by atoms with Crippen molar-refractivity contribution >= 4 is 16.8 Å². The van der Waals surface area contributed by atoms with Crippen LogP contribution >= 0.6 is 0 Å². The van der Waals surface area contributed by atoms with Gasteiger partial charge in [-0.1, -0.05) is 12.1 Å². The Kier molecular flexibility index (Phi) is 5.17. The molecule has 2 aromatic heterocycles. The number of fused-ring (bicyclic) bond motifs is 1. The predicted molar refractivity (Wildman–Crippen MR) is 106 cm³/mol. The van der Waals surface area contributed by atoms with Crippen LogP contribution in [0.15, 0.2) is 24.3 Å². The Balaban J connectivity index is 1.82. The number of aromatic nitrogens is 3. The minimum Gasteiger partial charge on any atom is -0.494 e. The van der Waals surface area contributed by atoms with Crippen molar-refractivity contribution in [2.45, 2.75) is 40.2 Å². The van der Waals surface area contributed by atoms with Crippen LogP contribution in [0.2, 0.25) is 0 Å². The van der Waals surface area contributed by atoms with Crippen molar-refractivity contribution in [3.63, 3.8) is 0 Å². The molecule has 6 nitrogen and oxygen atoms in total. The zero-order valence-electron chi connectivity index (χ0n) is 16.8. The number of carbonyl (C=O) groups is 1. The summed E-state index contributed by atoms with van der Waals surface area (Å²) in [6.07, 6.45) is 0.741. The van der Waals surface area contributed by atoms with Gasteiger partial charge < -0.3 is 10.1 Å². The summed E-state index contributed by atoms with van der Waals surface area (Å²) in [6.45, 7) is 7.91. The summed E-state index contributed by atoms with van der Waals surface area (Å²) in [6, 6.07) is 7.57. The van der Waals surface area contributed by atoms with Gasteiger partial charge in [0.1, 0.15) is 11.3 Å². The van der Waals surface area contributed by atoms with E-state index in [1.807, 2.05) is 56.8 Å². The summed E-state index contributed by atoms with van der Waals surface area (Å²) < 4.78 is 7.25. The number of methoxy groups -OCH3 is 1. The largest absolute Gasteiger partial charge is 0.494 e. The number of aryl methyl sites for hydroxylation is 3. The van der Waals surface area contributed by atoms with E-state index in [1.54, 1.807) is 7.11 Å². The van der Waals surface area contributed by atoms with Gasteiger partial charge in [-0.15, -0.1) is 0 Å². The molecule has 1 amide bonds. The number of nitrogens with zero attached hydrogens (tertiary/aromatic N) is 3. The molecule has 0 aliphatic carbocycles. The van der Waals surface area contributed by atoms with E-state index in [2.05, 4.69) is 22.3 Å². The number of amides is 1. The Morgan fingerprint density at radius 1 is 1.26 bits per heavy atom. The van der Waals surface area contributed by atoms with Crippen molar-refractivity contribution in [3.8, 4) is 5.75 Å². The third-order valence-electron chi connectivity index (χ3n) is 5.01. The maximum absolute atomic E-state index is 12.8. The Labute approximate surface area is 159 Å². The van der Waals surface area contributed by atoms with Gasteiger partial charge in [0, 0.05) is 24.2 Å². The smallest absolute Gasteiger partial charge is 0.253 e. The van der Waals surface area contributed by atoms with Gasteiger partial charge in [-0.2, -0.15) is 5.10 Å². The van der Waals surface area contributed by atoms with Gasteiger partial charge in [-0.05, 0) is 51.8 Å². The molecule has 0 fully saturated rings. The first-order valence-corrected chi connectivity index (χ1v) is 9.06. The number of hydrogen-bond donors (Lipinski definition) is 1. The number of carbonyl (C=O) groups excluding carboxylic acids is 1. The van der Waals surface area contributed by atoms with Crippen LogP contribution in [-0.4, -0.2) is 33.8 Å². The number of para-hydroxylation sites is 1. The molecular weight excluding hydrogens is 340 g/mol. The van der Waals surface area contributed by atoms with Crippen molar-refractivity contribution in [2.75, 3.05) is 7.11 Å². The molecule has 0 aliphatic heterocycles. The number of ether oxygens (including phenoxy) is 1. The van der Waals surface area contributed by atoms with Gasteiger partial charge in [0.2, 0.25) is 0 Å². The van der Waals surface area contributed by atoms with Crippen molar-refractivity contribution in [2.24, 2.45) is 7.05 Å². The molecule has 3 rings (SSSR count).